The standard InChI is InChI=1S/C21H24O/c1-14(2)19-13-15(3)16(4)20-18(19)11-12-21(5,22-20)17-9-7-6-8-10-17/h6-14H,1-5H3. The minimum Gasteiger partial charge on any atom is -0.478 e. The third-order valence-electron chi connectivity index (χ3n) is 4.71. The molecule has 22 heavy (non-hydrogen) atoms. The molecule has 2 aromatic carbocycles. The Morgan fingerprint density at radius 3 is 2.36 bits per heavy atom. The minimum absolute atomic E-state index is 0.402. The molecule has 1 atom stereocenters. The van der Waals surface area contributed by atoms with Crippen LogP contribution >= 0.6 is 0 Å². The van der Waals surface area contributed by atoms with Gasteiger partial charge in [0.1, 0.15) is 11.4 Å². The Labute approximate surface area is 133 Å². The number of benzene rings is 2. The number of aryl methyl sites for hydroxylation is 1. The van der Waals surface area contributed by atoms with Crippen molar-refractivity contribution in [2.45, 2.75) is 46.1 Å². The normalized spacial score (nSPS) is 19.9. The van der Waals surface area contributed by atoms with E-state index >= 15 is 0 Å². The van der Waals surface area contributed by atoms with Gasteiger partial charge in [-0.15, -0.1) is 0 Å². The van der Waals surface area contributed by atoms with Crippen molar-refractivity contribution < 1.29 is 4.74 Å². The van der Waals surface area contributed by atoms with Crippen LogP contribution in [0.15, 0.2) is 42.5 Å². The van der Waals surface area contributed by atoms with Crippen molar-refractivity contribution in [1.29, 1.82) is 0 Å². The maximum atomic E-state index is 6.52. The third kappa shape index (κ3) is 2.35. The monoisotopic (exact) mass is 292 g/mol. The van der Waals surface area contributed by atoms with Gasteiger partial charge in [0.15, 0.2) is 0 Å². The minimum atomic E-state index is -0.402. The SMILES string of the molecule is Cc1cc(C(C)C)c2c(c1C)OC(C)(c1ccccc1)C=C2. The highest BCUT2D eigenvalue weighted by Gasteiger charge is 2.31. The van der Waals surface area contributed by atoms with E-state index in [4.69, 9.17) is 4.74 Å². The lowest BCUT2D eigenvalue weighted by molar-refractivity contribution is 0.136. The molecule has 1 heteroatoms. The summed E-state index contributed by atoms with van der Waals surface area (Å²) in [5, 5.41) is 0. The fraction of sp³-hybridized carbons (Fsp3) is 0.333. The first-order valence-electron chi connectivity index (χ1n) is 8.00. The summed E-state index contributed by atoms with van der Waals surface area (Å²) in [5.41, 5.74) is 5.93. The van der Waals surface area contributed by atoms with Gasteiger partial charge in [-0.2, -0.15) is 0 Å². The maximum Gasteiger partial charge on any atom is 0.150 e. The molecule has 0 N–H and O–H groups in total. The van der Waals surface area contributed by atoms with Crippen LogP contribution in [0.25, 0.3) is 6.08 Å². The zero-order chi connectivity index (χ0) is 15.9. The second-order valence-corrected chi connectivity index (χ2v) is 6.71. The molecule has 0 aromatic heterocycles. The molecule has 0 amide bonds. The summed E-state index contributed by atoms with van der Waals surface area (Å²) in [5.74, 6) is 1.53. The first-order valence-corrected chi connectivity index (χ1v) is 8.00. The first kappa shape index (κ1) is 14.9. The highest BCUT2D eigenvalue weighted by Crippen LogP contribution is 2.43. The number of hydrogen-bond donors (Lipinski definition) is 0. The van der Waals surface area contributed by atoms with Crippen LogP contribution in [0.4, 0.5) is 0 Å². The van der Waals surface area contributed by atoms with Crippen molar-refractivity contribution in [1.82, 2.24) is 0 Å². The molecule has 1 nitrogen and oxygen atoms in total. The lowest BCUT2D eigenvalue weighted by atomic mass is 9.86. The molecular weight excluding hydrogens is 268 g/mol. The third-order valence-corrected chi connectivity index (χ3v) is 4.71. The van der Waals surface area contributed by atoms with Gasteiger partial charge < -0.3 is 4.74 Å². The van der Waals surface area contributed by atoms with Crippen LogP contribution in [0.1, 0.15) is 54.5 Å². The number of ether oxygens (including phenoxy) is 1. The lowest BCUT2D eigenvalue weighted by Crippen LogP contribution is -2.30. The smallest absolute Gasteiger partial charge is 0.150 e. The van der Waals surface area contributed by atoms with Gasteiger partial charge in [0.05, 0.1) is 0 Å². The van der Waals surface area contributed by atoms with E-state index in [1.165, 1.54) is 27.8 Å². The van der Waals surface area contributed by atoms with Crippen LogP contribution in [-0.4, -0.2) is 0 Å². The van der Waals surface area contributed by atoms with Crippen LogP contribution in [-0.2, 0) is 5.60 Å². The number of hydrogen-bond acceptors (Lipinski definition) is 1. The van der Waals surface area contributed by atoms with E-state index < -0.39 is 5.60 Å². The molecule has 0 aliphatic carbocycles. The number of fused-ring (bicyclic) bond motifs is 1. The van der Waals surface area contributed by atoms with Crippen molar-refractivity contribution in [3.05, 3.63) is 70.3 Å². The summed E-state index contributed by atoms with van der Waals surface area (Å²) in [6, 6.07) is 12.7. The molecule has 3 rings (SSSR count). The predicted molar refractivity (Wildman–Crippen MR) is 93.5 cm³/mol. The Kier molecular flexibility index (Phi) is 3.60. The second-order valence-electron chi connectivity index (χ2n) is 6.71. The molecule has 1 aliphatic heterocycles. The topological polar surface area (TPSA) is 9.23 Å². The average Bonchev–Trinajstić information content (AvgIpc) is 2.52. The van der Waals surface area contributed by atoms with E-state index in [1.807, 2.05) is 6.07 Å². The molecule has 0 bridgehead atoms. The van der Waals surface area contributed by atoms with Gasteiger partial charge in [-0.1, -0.05) is 56.3 Å². The highest BCUT2D eigenvalue weighted by atomic mass is 16.5. The van der Waals surface area contributed by atoms with Crippen molar-refractivity contribution in [3.8, 4) is 5.75 Å². The highest BCUT2D eigenvalue weighted by molar-refractivity contribution is 5.69. The molecule has 114 valence electrons. The van der Waals surface area contributed by atoms with E-state index in [2.05, 4.69) is 77.1 Å². The average molecular weight is 292 g/mol. The van der Waals surface area contributed by atoms with Crippen LogP contribution < -0.4 is 4.74 Å². The molecule has 1 heterocycles. The number of rotatable bonds is 2. The van der Waals surface area contributed by atoms with Gasteiger partial charge in [-0.3, -0.25) is 0 Å². The van der Waals surface area contributed by atoms with Crippen molar-refractivity contribution >= 4 is 6.08 Å². The van der Waals surface area contributed by atoms with Gasteiger partial charge >= 0.3 is 0 Å². The summed E-state index contributed by atoms with van der Waals surface area (Å²) >= 11 is 0. The fourth-order valence-electron chi connectivity index (χ4n) is 3.13. The summed E-state index contributed by atoms with van der Waals surface area (Å²) < 4.78 is 6.52. The molecule has 2 aromatic rings. The van der Waals surface area contributed by atoms with Gasteiger partial charge in [0, 0.05) is 5.56 Å². The summed E-state index contributed by atoms with van der Waals surface area (Å²) in [6.07, 6.45) is 4.43. The Bertz CT molecular complexity index is 725. The first-order chi connectivity index (χ1) is 10.4. The van der Waals surface area contributed by atoms with Gasteiger partial charge in [-0.25, -0.2) is 0 Å². The molecule has 0 spiro atoms. The molecule has 0 saturated heterocycles. The Morgan fingerprint density at radius 2 is 1.73 bits per heavy atom. The van der Waals surface area contributed by atoms with Crippen LogP contribution in [0.5, 0.6) is 5.75 Å². The lowest BCUT2D eigenvalue weighted by Gasteiger charge is -2.34. The molecule has 1 aliphatic rings. The van der Waals surface area contributed by atoms with Gasteiger partial charge in [-0.05, 0) is 55.0 Å². The quantitative estimate of drug-likeness (QED) is 0.685. The molecule has 0 radical (unpaired) electrons. The van der Waals surface area contributed by atoms with Crippen LogP contribution in [0, 0.1) is 13.8 Å². The largest absolute Gasteiger partial charge is 0.478 e. The Balaban J connectivity index is 2.15. The Morgan fingerprint density at radius 1 is 1.05 bits per heavy atom. The summed E-state index contributed by atoms with van der Waals surface area (Å²) in [7, 11) is 0. The van der Waals surface area contributed by atoms with Crippen molar-refractivity contribution in [3.63, 3.8) is 0 Å². The van der Waals surface area contributed by atoms with E-state index in [9.17, 15) is 0 Å². The Hall–Kier alpha value is -2.02. The maximum absolute atomic E-state index is 6.52. The summed E-state index contributed by atoms with van der Waals surface area (Å²) in [6.45, 7) is 10.9. The van der Waals surface area contributed by atoms with Gasteiger partial charge in [0.2, 0.25) is 0 Å². The summed E-state index contributed by atoms with van der Waals surface area (Å²) in [4.78, 5) is 0. The zero-order valence-corrected chi connectivity index (χ0v) is 14.1. The van der Waals surface area contributed by atoms with E-state index in [0.717, 1.165) is 5.75 Å². The fourth-order valence-corrected chi connectivity index (χ4v) is 3.13. The molecular formula is C21H24O. The zero-order valence-electron chi connectivity index (χ0n) is 14.1. The van der Waals surface area contributed by atoms with E-state index in [1.54, 1.807) is 0 Å². The molecule has 0 saturated carbocycles. The molecule has 0 fully saturated rings. The second kappa shape index (κ2) is 5.31. The van der Waals surface area contributed by atoms with E-state index in [-0.39, 0.29) is 0 Å². The van der Waals surface area contributed by atoms with Crippen LogP contribution in [0.2, 0.25) is 0 Å². The van der Waals surface area contributed by atoms with Gasteiger partial charge in [0.25, 0.3) is 0 Å². The van der Waals surface area contributed by atoms with Crippen molar-refractivity contribution in [2.75, 3.05) is 0 Å². The predicted octanol–water partition coefficient (Wildman–Crippen LogP) is 5.75. The molecule has 1 unspecified atom stereocenters. The van der Waals surface area contributed by atoms with E-state index in [0.29, 0.717) is 5.92 Å². The van der Waals surface area contributed by atoms with Crippen LogP contribution in [0.3, 0.4) is 0 Å². The van der Waals surface area contributed by atoms with Crippen molar-refractivity contribution in [2.24, 2.45) is 0 Å².